The first-order valence-electron chi connectivity index (χ1n) is 9.97. The van der Waals surface area contributed by atoms with Gasteiger partial charge in [0.05, 0.1) is 6.10 Å². The minimum atomic E-state index is 0.0535. The summed E-state index contributed by atoms with van der Waals surface area (Å²) in [5, 5.41) is 0. The smallest absolute Gasteiger partial charge is 0.142 e. The Hall–Kier alpha value is -1.15. The number of benzene rings is 1. The summed E-state index contributed by atoms with van der Waals surface area (Å²) in [6.07, 6.45) is 10.9. The number of carbonyl (C=O) groups excluding carboxylic acids is 1. The van der Waals surface area contributed by atoms with Gasteiger partial charge in [0.15, 0.2) is 0 Å². The topological polar surface area (TPSA) is 26.3 Å². The highest BCUT2D eigenvalue weighted by Crippen LogP contribution is 2.28. The number of ether oxygens (including phenoxy) is 1. The number of carbonyl (C=O) groups is 1. The molecule has 2 heteroatoms. The van der Waals surface area contributed by atoms with Crippen LogP contribution in [0.4, 0.5) is 0 Å². The molecule has 0 saturated carbocycles. The SMILES string of the molecule is CCCCCC(C(=O)CC1CCCCO1)c1ccc(CCC)cc1. The number of unbranched alkanes of at least 4 members (excludes halogenated alkanes) is 2. The number of rotatable bonds is 10. The lowest BCUT2D eigenvalue weighted by Crippen LogP contribution is -2.25. The van der Waals surface area contributed by atoms with E-state index in [1.807, 2.05) is 0 Å². The molecule has 2 rings (SSSR count). The molecule has 1 aromatic rings. The zero-order valence-corrected chi connectivity index (χ0v) is 15.6. The molecule has 1 saturated heterocycles. The second-order valence-corrected chi connectivity index (χ2v) is 7.20. The summed E-state index contributed by atoms with van der Waals surface area (Å²) in [5.41, 5.74) is 2.57. The molecular weight excluding hydrogens is 296 g/mol. The van der Waals surface area contributed by atoms with Crippen LogP contribution in [0.5, 0.6) is 0 Å². The summed E-state index contributed by atoms with van der Waals surface area (Å²) < 4.78 is 5.79. The third-order valence-electron chi connectivity index (χ3n) is 5.11. The summed E-state index contributed by atoms with van der Waals surface area (Å²) in [6.45, 7) is 5.24. The maximum Gasteiger partial charge on any atom is 0.142 e. The molecule has 0 aliphatic carbocycles. The van der Waals surface area contributed by atoms with Crippen LogP contribution >= 0.6 is 0 Å². The fourth-order valence-corrected chi connectivity index (χ4v) is 3.65. The number of ketones is 1. The van der Waals surface area contributed by atoms with Crippen LogP contribution in [0, 0.1) is 0 Å². The molecular formula is C22H34O2. The van der Waals surface area contributed by atoms with E-state index in [4.69, 9.17) is 4.74 Å². The van der Waals surface area contributed by atoms with Crippen LogP contribution in [0.3, 0.4) is 0 Å². The Labute approximate surface area is 148 Å². The van der Waals surface area contributed by atoms with Crippen molar-refractivity contribution in [3.05, 3.63) is 35.4 Å². The summed E-state index contributed by atoms with van der Waals surface area (Å²) in [6, 6.07) is 8.77. The van der Waals surface area contributed by atoms with Gasteiger partial charge >= 0.3 is 0 Å². The van der Waals surface area contributed by atoms with Gasteiger partial charge in [-0.1, -0.05) is 63.8 Å². The van der Waals surface area contributed by atoms with Crippen molar-refractivity contribution in [3.8, 4) is 0 Å². The minimum Gasteiger partial charge on any atom is -0.378 e. The number of hydrogen-bond acceptors (Lipinski definition) is 2. The molecule has 24 heavy (non-hydrogen) atoms. The number of hydrogen-bond donors (Lipinski definition) is 0. The van der Waals surface area contributed by atoms with Gasteiger partial charge < -0.3 is 4.74 Å². The maximum absolute atomic E-state index is 12.9. The first-order chi connectivity index (χ1) is 11.7. The molecule has 0 amide bonds. The lowest BCUT2D eigenvalue weighted by molar-refractivity contribution is -0.124. The molecule has 1 aromatic carbocycles. The van der Waals surface area contributed by atoms with Crippen LogP contribution < -0.4 is 0 Å². The molecule has 1 heterocycles. The highest BCUT2D eigenvalue weighted by molar-refractivity contribution is 5.86. The maximum atomic E-state index is 12.9. The minimum absolute atomic E-state index is 0.0535. The Balaban J connectivity index is 2.02. The fourth-order valence-electron chi connectivity index (χ4n) is 3.65. The average molecular weight is 331 g/mol. The van der Waals surface area contributed by atoms with Crippen LogP contribution in [0.15, 0.2) is 24.3 Å². The van der Waals surface area contributed by atoms with E-state index < -0.39 is 0 Å². The molecule has 1 aliphatic rings. The largest absolute Gasteiger partial charge is 0.378 e. The summed E-state index contributed by atoms with van der Waals surface area (Å²) in [4.78, 5) is 12.9. The molecule has 2 unspecified atom stereocenters. The van der Waals surface area contributed by atoms with Gasteiger partial charge in [-0.25, -0.2) is 0 Å². The van der Waals surface area contributed by atoms with Crippen LogP contribution in [-0.2, 0) is 16.0 Å². The van der Waals surface area contributed by atoms with Crippen molar-refractivity contribution in [3.63, 3.8) is 0 Å². The molecule has 0 spiro atoms. The Morgan fingerprint density at radius 2 is 1.92 bits per heavy atom. The third-order valence-corrected chi connectivity index (χ3v) is 5.11. The number of aryl methyl sites for hydroxylation is 1. The van der Waals surface area contributed by atoms with Crippen molar-refractivity contribution in [2.45, 2.75) is 90.1 Å². The molecule has 1 fully saturated rings. The van der Waals surface area contributed by atoms with E-state index in [9.17, 15) is 4.79 Å². The lowest BCUT2D eigenvalue weighted by Gasteiger charge is -2.24. The normalized spacial score (nSPS) is 19.2. The highest BCUT2D eigenvalue weighted by Gasteiger charge is 2.25. The van der Waals surface area contributed by atoms with Gasteiger partial charge in [-0.3, -0.25) is 4.79 Å². The molecule has 1 aliphatic heterocycles. The van der Waals surface area contributed by atoms with Gasteiger partial charge in [0, 0.05) is 18.9 Å². The van der Waals surface area contributed by atoms with E-state index in [0.29, 0.717) is 12.2 Å². The van der Waals surface area contributed by atoms with Crippen molar-refractivity contribution in [2.75, 3.05) is 6.61 Å². The van der Waals surface area contributed by atoms with Gasteiger partial charge in [0.1, 0.15) is 5.78 Å². The van der Waals surface area contributed by atoms with Gasteiger partial charge in [-0.15, -0.1) is 0 Å². The van der Waals surface area contributed by atoms with Crippen molar-refractivity contribution in [1.82, 2.24) is 0 Å². The van der Waals surface area contributed by atoms with E-state index in [-0.39, 0.29) is 12.0 Å². The van der Waals surface area contributed by atoms with Gasteiger partial charge in [-0.2, -0.15) is 0 Å². The van der Waals surface area contributed by atoms with Gasteiger partial charge in [0.25, 0.3) is 0 Å². The van der Waals surface area contributed by atoms with Crippen molar-refractivity contribution >= 4 is 5.78 Å². The van der Waals surface area contributed by atoms with Crippen LogP contribution in [0.2, 0.25) is 0 Å². The predicted octanol–water partition coefficient (Wildman–Crippen LogP) is 5.83. The first kappa shape index (κ1) is 19.2. The Kier molecular flexibility index (Phi) is 8.52. The monoisotopic (exact) mass is 330 g/mol. The Morgan fingerprint density at radius 1 is 1.12 bits per heavy atom. The van der Waals surface area contributed by atoms with E-state index in [1.54, 1.807) is 0 Å². The predicted molar refractivity (Wildman–Crippen MR) is 101 cm³/mol. The highest BCUT2D eigenvalue weighted by atomic mass is 16.5. The van der Waals surface area contributed by atoms with Crippen molar-refractivity contribution < 1.29 is 9.53 Å². The average Bonchev–Trinajstić information content (AvgIpc) is 2.61. The molecule has 0 radical (unpaired) electrons. The van der Waals surface area contributed by atoms with Crippen molar-refractivity contribution in [1.29, 1.82) is 0 Å². The van der Waals surface area contributed by atoms with Crippen molar-refractivity contribution in [2.24, 2.45) is 0 Å². The van der Waals surface area contributed by atoms with E-state index in [1.165, 1.54) is 30.4 Å². The second-order valence-electron chi connectivity index (χ2n) is 7.20. The molecule has 2 nitrogen and oxygen atoms in total. The summed E-state index contributed by atoms with van der Waals surface area (Å²) in [7, 11) is 0. The Morgan fingerprint density at radius 3 is 2.54 bits per heavy atom. The van der Waals surface area contributed by atoms with Gasteiger partial charge in [0.2, 0.25) is 0 Å². The van der Waals surface area contributed by atoms with Crippen LogP contribution in [0.1, 0.15) is 88.7 Å². The van der Waals surface area contributed by atoms with E-state index in [2.05, 4.69) is 38.1 Å². The zero-order valence-electron chi connectivity index (χ0n) is 15.6. The Bertz CT molecular complexity index is 471. The molecule has 2 atom stereocenters. The second kappa shape index (κ2) is 10.7. The van der Waals surface area contributed by atoms with Gasteiger partial charge in [-0.05, 0) is 43.2 Å². The standard InChI is InChI=1S/C22H34O2/c1-3-5-6-11-21(19-14-12-18(9-4-2)13-15-19)22(23)17-20-10-7-8-16-24-20/h12-15,20-21H,3-11,16-17H2,1-2H3. The zero-order chi connectivity index (χ0) is 17.2. The molecule has 0 aromatic heterocycles. The summed E-state index contributed by atoms with van der Waals surface area (Å²) in [5.74, 6) is 0.430. The molecule has 0 bridgehead atoms. The number of Topliss-reactive ketones (excluding diaryl/α,β-unsaturated/α-hetero) is 1. The first-order valence-corrected chi connectivity index (χ1v) is 9.97. The van der Waals surface area contributed by atoms with Crippen LogP contribution in [-0.4, -0.2) is 18.5 Å². The van der Waals surface area contributed by atoms with E-state index in [0.717, 1.165) is 45.1 Å². The summed E-state index contributed by atoms with van der Waals surface area (Å²) >= 11 is 0. The van der Waals surface area contributed by atoms with Crippen LogP contribution in [0.25, 0.3) is 0 Å². The third kappa shape index (κ3) is 6.05. The lowest BCUT2D eigenvalue weighted by atomic mass is 9.86. The fraction of sp³-hybridized carbons (Fsp3) is 0.682. The molecule has 134 valence electrons. The molecule has 0 N–H and O–H groups in total. The van der Waals surface area contributed by atoms with E-state index >= 15 is 0 Å². The quantitative estimate of drug-likeness (QED) is 0.504.